The molecule has 15 heavy (non-hydrogen) atoms. The summed E-state index contributed by atoms with van der Waals surface area (Å²) in [4.78, 5) is 0. The van der Waals surface area contributed by atoms with Crippen LogP contribution in [0.5, 0.6) is 0 Å². The molecule has 0 bridgehead atoms. The van der Waals surface area contributed by atoms with Gasteiger partial charge in [0.1, 0.15) is 0 Å². The maximum absolute atomic E-state index is 5.85. The van der Waals surface area contributed by atoms with Gasteiger partial charge in [0.15, 0.2) is 0 Å². The average Bonchev–Trinajstić information content (AvgIpc) is 2.31. The quantitative estimate of drug-likeness (QED) is 0.589. The Bertz CT molecular complexity index is 400. The summed E-state index contributed by atoms with van der Waals surface area (Å²) >= 11 is 0. The maximum Gasteiger partial charge on any atom is 0.0754 e. The third-order valence-corrected chi connectivity index (χ3v) is 2.06. The molecule has 76 valence electrons. The van der Waals surface area contributed by atoms with Crippen molar-refractivity contribution in [1.29, 1.82) is 0 Å². The molecule has 2 aromatic rings. The molecule has 3 N–H and O–H groups in total. The highest BCUT2D eigenvalue weighted by Crippen LogP contribution is 2.12. The summed E-state index contributed by atoms with van der Waals surface area (Å²) in [5.74, 6) is 5.85. The number of nitrogens with two attached hydrogens (primary N) is 1. The van der Waals surface area contributed by atoms with E-state index in [9.17, 15) is 0 Å². The fourth-order valence-electron chi connectivity index (χ4n) is 1.30. The van der Waals surface area contributed by atoms with E-state index in [0.717, 1.165) is 11.4 Å². The van der Waals surface area contributed by atoms with Crippen molar-refractivity contribution < 1.29 is 0 Å². The first kappa shape index (κ1) is 9.55. The number of rotatable bonds is 3. The van der Waals surface area contributed by atoms with Crippen LogP contribution in [0.15, 0.2) is 60.7 Å². The van der Waals surface area contributed by atoms with Crippen LogP contribution in [0, 0.1) is 0 Å². The van der Waals surface area contributed by atoms with E-state index in [2.05, 4.69) is 5.43 Å². The molecule has 0 aliphatic carbocycles. The molecule has 0 spiro atoms. The van der Waals surface area contributed by atoms with Crippen LogP contribution in [0.4, 0.5) is 11.4 Å². The number of nitrogens with one attached hydrogen (secondary N) is 1. The predicted octanol–water partition coefficient (Wildman–Crippen LogP) is 2.39. The van der Waals surface area contributed by atoms with Gasteiger partial charge in [0.25, 0.3) is 0 Å². The number of hydrazine groups is 2. The van der Waals surface area contributed by atoms with Gasteiger partial charge in [0.05, 0.1) is 11.4 Å². The fourth-order valence-corrected chi connectivity index (χ4v) is 1.30. The van der Waals surface area contributed by atoms with Gasteiger partial charge < -0.3 is 0 Å². The molecular weight excluding hydrogens is 186 g/mol. The Labute approximate surface area is 89.1 Å². The lowest BCUT2D eigenvalue weighted by atomic mass is 10.3. The van der Waals surface area contributed by atoms with Gasteiger partial charge in [-0.3, -0.25) is 5.43 Å². The highest BCUT2D eigenvalue weighted by Gasteiger charge is 1.98. The van der Waals surface area contributed by atoms with Crippen molar-refractivity contribution in [3.8, 4) is 0 Å². The van der Waals surface area contributed by atoms with Gasteiger partial charge in [0, 0.05) is 0 Å². The van der Waals surface area contributed by atoms with E-state index in [0.29, 0.717) is 0 Å². The molecule has 0 heterocycles. The monoisotopic (exact) mass is 199 g/mol. The topological polar surface area (TPSA) is 41.3 Å². The summed E-state index contributed by atoms with van der Waals surface area (Å²) in [6.07, 6.45) is 0. The Balaban J connectivity index is 2.08. The van der Waals surface area contributed by atoms with Gasteiger partial charge in [-0.05, 0) is 24.3 Å². The standard InChI is InChI=1S/C12H13N3/c13-15(12-9-5-2-6-10-12)14-11-7-3-1-4-8-11/h1-10,14H,13H2. The van der Waals surface area contributed by atoms with E-state index >= 15 is 0 Å². The van der Waals surface area contributed by atoms with Crippen LogP contribution in [-0.2, 0) is 0 Å². The summed E-state index contributed by atoms with van der Waals surface area (Å²) in [6, 6.07) is 19.5. The normalized spacial score (nSPS) is 9.67. The van der Waals surface area contributed by atoms with Crippen molar-refractivity contribution in [2.75, 3.05) is 10.5 Å². The van der Waals surface area contributed by atoms with Crippen LogP contribution < -0.4 is 16.4 Å². The smallest absolute Gasteiger partial charge is 0.0754 e. The molecule has 0 radical (unpaired) electrons. The molecule has 0 unspecified atom stereocenters. The van der Waals surface area contributed by atoms with Crippen LogP contribution in [0.3, 0.4) is 0 Å². The van der Waals surface area contributed by atoms with Gasteiger partial charge >= 0.3 is 0 Å². The molecule has 0 fully saturated rings. The second kappa shape index (κ2) is 4.48. The molecule has 0 aliphatic heterocycles. The lowest BCUT2D eigenvalue weighted by Crippen LogP contribution is -2.36. The largest absolute Gasteiger partial charge is 0.284 e. The molecule has 0 aromatic heterocycles. The molecule has 0 saturated heterocycles. The first-order valence-corrected chi connectivity index (χ1v) is 4.78. The second-order valence-corrected chi connectivity index (χ2v) is 3.18. The molecule has 2 aromatic carbocycles. The van der Waals surface area contributed by atoms with Gasteiger partial charge in [-0.1, -0.05) is 36.4 Å². The summed E-state index contributed by atoms with van der Waals surface area (Å²) < 4.78 is 0. The summed E-state index contributed by atoms with van der Waals surface area (Å²) in [6.45, 7) is 0. The van der Waals surface area contributed by atoms with Gasteiger partial charge in [0.2, 0.25) is 0 Å². The van der Waals surface area contributed by atoms with Crippen molar-refractivity contribution >= 4 is 11.4 Å². The van der Waals surface area contributed by atoms with Crippen molar-refractivity contribution in [2.45, 2.75) is 0 Å². The number of hydrogen-bond donors (Lipinski definition) is 2. The maximum atomic E-state index is 5.85. The SMILES string of the molecule is NN(Nc1ccccc1)c1ccccc1. The first-order chi connectivity index (χ1) is 7.36. The van der Waals surface area contributed by atoms with E-state index < -0.39 is 0 Å². The molecule has 0 saturated carbocycles. The van der Waals surface area contributed by atoms with Gasteiger partial charge in [-0.2, -0.15) is 0 Å². The highest BCUT2D eigenvalue weighted by molar-refractivity contribution is 5.53. The Morgan fingerprint density at radius 2 is 1.33 bits per heavy atom. The van der Waals surface area contributed by atoms with Gasteiger partial charge in [-0.25, -0.2) is 11.0 Å². The molecular formula is C12H13N3. The van der Waals surface area contributed by atoms with Crippen LogP contribution in [0.1, 0.15) is 0 Å². The summed E-state index contributed by atoms with van der Waals surface area (Å²) in [5.41, 5.74) is 4.95. The molecule has 3 nitrogen and oxygen atoms in total. The van der Waals surface area contributed by atoms with E-state index in [1.165, 1.54) is 5.12 Å². The minimum atomic E-state index is 0.918. The minimum Gasteiger partial charge on any atom is -0.284 e. The average molecular weight is 199 g/mol. The minimum absolute atomic E-state index is 0.918. The lowest BCUT2D eigenvalue weighted by Gasteiger charge is -2.20. The Morgan fingerprint density at radius 1 is 0.800 bits per heavy atom. The van der Waals surface area contributed by atoms with Crippen LogP contribution >= 0.6 is 0 Å². The lowest BCUT2D eigenvalue weighted by molar-refractivity contribution is 0.991. The van der Waals surface area contributed by atoms with Crippen LogP contribution in [-0.4, -0.2) is 0 Å². The van der Waals surface area contributed by atoms with E-state index in [4.69, 9.17) is 5.84 Å². The molecule has 3 heteroatoms. The zero-order valence-corrected chi connectivity index (χ0v) is 8.30. The molecule has 0 atom stereocenters. The Morgan fingerprint density at radius 3 is 1.93 bits per heavy atom. The highest BCUT2D eigenvalue weighted by atomic mass is 15.7. The van der Waals surface area contributed by atoms with Crippen molar-refractivity contribution in [3.63, 3.8) is 0 Å². The van der Waals surface area contributed by atoms with Crippen LogP contribution in [0.2, 0.25) is 0 Å². The Hall–Kier alpha value is -2.00. The number of benzene rings is 2. The predicted molar refractivity (Wildman–Crippen MR) is 63.2 cm³/mol. The van der Waals surface area contributed by atoms with Crippen molar-refractivity contribution in [2.24, 2.45) is 5.84 Å². The van der Waals surface area contributed by atoms with Crippen molar-refractivity contribution in [3.05, 3.63) is 60.7 Å². The van der Waals surface area contributed by atoms with E-state index in [1.807, 2.05) is 60.7 Å². The number of nitrogens with zero attached hydrogens (tertiary/aromatic N) is 1. The zero-order valence-electron chi connectivity index (χ0n) is 8.30. The zero-order chi connectivity index (χ0) is 10.5. The molecule has 0 amide bonds. The Kier molecular flexibility index (Phi) is 2.85. The van der Waals surface area contributed by atoms with E-state index in [-0.39, 0.29) is 0 Å². The third-order valence-electron chi connectivity index (χ3n) is 2.06. The number of para-hydroxylation sites is 2. The third kappa shape index (κ3) is 2.48. The molecule has 2 rings (SSSR count). The summed E-state index contributed by atoms with van der Waals surface area (Å²) in [7, 11) is 0. The fraction of sp³-hybridized carbons (Fsp3) is 0. The van der Waals surface area contributed by atoms with Crippen LogP contribution in [0.25, 0.3) is 0 Å². The van der Waals surface area contributed by atoms with E-state index in [1.54, 1.807) is 0 Å². The number of anilines is 2. The van der Waals surface area contributed by atoms with Gasteiger partial charge in [-0.15, -0.1) is 0 Å². The molecule has 0 aliphatic rings. The van der Waals surface area contributed by atoms with Crippen molar-refractivity contribution in [1.82, 2.24) is 0 Å². The second-order valence-electron chi connectivity index (χ2n) is 3.18. The number of hydrogen-bond acceptors (Lipinski definition) is 3. The summed E-state index contributed by atoms with van der Waals surface area (Å²) in [5, 5.41) is 1.50. The first-order valence-electron chi connectivity index (χ1n) is 4.78.